The Kier molecular flexibility index (Phi) is 5.35. The van der Waals surface area contributed by atoms with Crippen molar-refractivity contribution in [3.05, 3.63) is 35.4 Å². The van der Waals surface area contributed by atoms with Gasteiger partial charge in [-0.25, -0.2) is 0 Å². The standard InChI is InChI=1S/C15H21N5O2/c1-16-15(17-2)19-9-11-3-5-12(6-4-11)14(22)20-8-7-18-13(21)10-20/h3-6H,7-10H2,1-2H3,(H,18,21)(H2,16,17,19). The van der Waals surface area contributed by atoms with Gasteiger partial charge in [-0.15, -0.1) is 0 Å². The van der Waals surface area contributed by atoms with Crippen molar-refractivity contribution in [3.8, 4) is 0 Å². The first-order chi connectivity index (χ1) is 10.6. The predicted molar refractivity (Wildman–Crippen MR) is 84.6 cm³/mol. The fourth-order valence-corrected chi connectivity index (χ4v) is 2.22. The molecular formula is C15H21N5O2. The van der Waals surface area contributed by atoms with Crippen molar-refractivity contribution in [2.45, 2.75) is 6.54 Å². The molecule has 1 aliphatic rings. The Morgan fingerprint density at radius 2 is 2.09 bits per heavy atom. The van der Waals surface area contributed by atoms with Gasteiger partial charge in [0.05, 0.1) is 6.54 Å². The number of amides is 2. The van der Waals surface area contributed by atoms with Crippen molar-refractivity contribution < 1.29 is 9.59 Å². The smallest absolute Gasteiger partial charge is 0.254 e. The van der Waals surface area contributed by atoms with Gasteiger partial charge >= 0.3 is 0 Å². The van der Waals surface area contributed by atoms with Crippen LogP contribution in [0.2, 0.25) is 0 Å². The van der Waals surface area contributed by atoms with Crippen molar-refractivity contribution in [1.29, 1.82) is 0 Å². The molecule has 0 saturated carbocycles. The minimum Gasteiger partial charge on any atom is -0.359 e. The highest BCUT2D eigenvalue weighted by atomic mass is 16.2. The first-order valence-electron chi connectivity index (χ1n) is 7.17. The molecule has 118 valence electrons. The third-order valence-electron chi connectivity index (χ3n) is 3.45. The molecule has 0 aliphatic carbocycles. The van der Waals surface area contributed by atoms with Crippen LogP contribution in [0.5, 0.6) is 0 Å². The second-order valence-corrected chi connectivity index (χ2v) is 4.95. The molecule has 0 aromatic heterocycles. The summed E-state index contributed by atoms with van der Waals surface area (Å²) in [5.41, 5.74) is 1.64. The van der Waals surface area contributed by atoms with Crippen LogP contribution in [-0.2, 0) is 11.3 Å². The zero-order chi connectivity index (χ0) is 15.9. The molecule has 3 N–H and O–H groups in total. The Bertz CT molecular complexity index is 568. The zero-order valence-electron chi connectivity index (χ0n) is 12.8. The summed E-state index contributed by atoms with van der Waals surface area (Å²) in [4.78, 5) is 29.3. The maximum atomic E-state index is 12.3. The number of aliphatic imine (C=N–C) groups is 1. The molecule has 1 fully saturated rings. The van der Waals surface area contributed by atoms with Crippen LogP contribution in [0.15, 0.2) is 29.3 Å². The molecule has 1 aromatic carbocycles. The van der Waals surface area contributed by atoms with E-state index >= 15 is 0 Å². The van der Waals surface area contributed by atoms with Crippen molar-refractivity contribution in [2.24, 2.45) is 4.99 Å². The van der Waals surface area contributed by atoms with E-state index in [2.05, 4.69) is 20.9 Å². The van der Waals surface area contributed by atoms with Crippen LogP contribution in [0.1, 0.15) is 15.9 Å². The molecule has 1 saturated heterocycles. The zero-order valence-corrected chi connectivity index (χ0v) is 12.8. The van der Waals surface area contributed by atoms with Gasteiger partial charge in [-0.3, -0.25) is 14.6 Å². The van der Waals surface area contributed by atoms with E-state index in [1.54, 1.807) is 31.1 Å². The summed E-state index contributed by atoms with van der Waals surface area (Å²) in [6.45, 7) is 1.80. The largest absolute Gasteiger partial charge is 0.359 e. The molecule has 0 spiro atoms. The van der Waals surface area contributed by atoms with E-state index in [4.69, 9.17) is 0 Å². The summed E-state index contributed by atoms with van der Waals surface area (Å²) in [7, 11) is 3.50. The number of benzene rings is 1. The monoisotopic (exact) mass is 303 g/mol. The van der Waals surface area contributed by atoms with Gasteiger partial charge < -0.3 is 20.9 Å². The highest BCUT2D eigenvalue weighted by molar-refractivity contribution is 5.97. The Balaban J connectivity index is 1.96. The van der Waals surface area contributed by atoms with E-state index in [1.807, 2.05) is 12.1 Å². The van der Waals surface area contributed by atoms with Gasteiger partial charge in [0.1, 0.15) is 0 Å². The molecule has 22 heavy (non-hydrogen) atoms. The molecule has 0 bridgehead atoms. The van der Waals surface area contributed by atoms with Gasteiger partial charge in [0.25, 0.3) is 5.91 Å². The second-order valence-electron chi connectivity index (χ2n) is 4.95. The van der Waals surface area contributed by atoms with E-state index in [0.29, 0.717) is 31.2 Å². The van der Waals surface area contributed by atoms with Gasteiger partial charge in [0, 0.05) is 39.3 Å². The highest BCUT2D eigenvalue weighted by Crippen LogP contribution is 2.09. The molecule has 2 rings (SSSR count). The lowest BCUT2D eigenvalue weighted by Gasteiger charge is -2.26. The highest BCUT2D eigenvalue weighted by Gasteiger charge is 2.21. The second kappa shape index (κ2) is 7.44. The Labute approximate surface area is 129 Å². The van der Waals surface area contributed by atoms with Gasteiger partial charge in [-0.05, 0) is 17.7 Å². The number of carbonyl (C=O) groups excluding carboxylic acids is 2. The van der Waals surface area contributed by atoms with E-state index in [0.717, 1.165) is 5.56 Å². The van der Waals surface area contributed by atoms with Crippen LogP contribution in [0.25, 0.3) is 0 Å². The van der Waals surface area contributed by atoms with Crippen LogP contribution < -0.4 is 16.0 Å². The lowest BCUT2D eigenvalue weighted by Crippen LogP contribution is -2.49. The van der Waals surface area contributed by atoms with E-state index in [9.17, 15) is 9.59 Å². The Hall–Kier alpha value is -2.57. The number of nitrogens with one attached hydrogen (secondary N) is 3. The molecule has 1 heterocycles. The van der Waals surface area contributed by atoms with E-state index < -0.39 is 0 Å². The lowest BCUT2D eigenvalue weighted by atomic mass is 10.1. The summed E-state index contributed by atoms with van der Waals surface area (Å²) in [6.07, 6.45) is 0. The van der Waals surface area contributed by atoms with Gasteiger partial charge in [-0.1, -0.05) is 12.1 Å². The average Bonchev–Trinajstić information content (AvgIpc) is 2.56. The Morgan fingerprint density at radius 1 is 1.36 bits per heavy atom. The SMILES string of the molecule is CN=C(NC)NCc1ccc(C(=O)N2CCNC(=O)C2)cc1. The Morgan fingerprint density at radius 3 is 2.68 bits per heavy atom. The molecule has 2 amide bonds. The quantitative estimate of drug-likeness (QED) is 0.522. The van der Waals surface area contributed by atoms with Crippen LogP contribution in [0.4, 0.5) is 0 Å². The number of hydrogen-bond acceptors (Lipinski definition) is 3. The van der Waals surface area contributed by atoms with Crippen LogP contribution in [0, 0.1) is 0 Å². The minimum absolute atomic E-state index is 0.111. The van der Waals surface area contributed by atoms with Gasteiger partial charge in [0.2, 0.25) is 5.91 Å². The average molecular weight is 303 g/mol. The van der Waals surface area contributed by atoms with Crippen LogP contribution in [-0.4, -0.2) is 56.4 Å². The fourth-order valence-electron chi connectivity index (χ4n) is 2.22. The molecule has 0 atom stereocenters. The van der Waals surface area contributed by atoms with Crippen molar-refractivity contribution in [2.75, 3.05) is 33.7 Å². The lowest BCUT2D eigenvalue weighted by molar-refractivity contribution is -0.123. The van der Waals surface area contributed by atoms with Crippen molar-refractivity contribution in [1.82, 2.24) is 20.9 Å². The molecule has 1 aromatic rings. The first kappa shape index (κ1) is 15.8. The number of carbonyl (C=O) groups is 2. The molecule has 0 unspecified atom stereocenters. The van der Waals surface area contributed by atoms with Gasteiger partial charge in [0.15, 0.2) is 5.96 Å². The van der Waals surface area contributed by atoms with E-state index in [1.165, 1.54) is 0 Å². The number of nitrogens with zero attached hydrogens (tertiary/aromatic N) is 2. The van der Waals surface area contributed by atoms with Crippen LogP contribution in [0.3, 0.4) is 0 Å². The topological polar surface area (TPSA) is 85.8 Å². The number of hydrogen-bond donors (Lipinski definition) is 3. The molecule has 1 aliphatic heterocycles. The maximum Gasteiger partial charge on any atom is 0.254 e. The molecule has 7 heteroatoms. The number of rotatable bonds is 3. The maximum absolute atomic E-state index is 12.3. The van der Waals surface area contributed by atoms with Crippen LogP contribution >= 0.6 is 0 Å². The fraction of sp³-hybridized carbons (Fsp3) is 0.400. The molecule has 0 radical (unpaired) electrons. The van der Waals surface area contributed by atoms with E-state index in [-0.39, 0.29) is 18.4 Å². The first-order valence-corrected chi connectivity index (χ1v) is 7.17. The molecule has 7 nitrogen and oxygen atoms in total. The summed E-state index contributed by atoms with van der Waals surface area (Å²) < 4.78 is 0. The number of guanidine groups is 1. The summed E-state index contributed by atoms with van der Waals surface area (Å²) >= 11 is 0. The van der Waals surface area contributed by atoms with Gasteiger partial charge in [-0.2, -0.15) is 0 Å². The third-order valence-corrected chi connectivity index (χ3v) is 3.45. The number of piperazine rings is 1. The minimum atomic E-state index is -0.112. The molecular weight excluding hydrogens is 282 g/mol. The summed E-state index contributed by atoms with van der Waals surface area (Å²) in [5, 5.41) is 8.79. The summed E-state index contributed by atoms with van der Waals surface area (Å²) in [6, 6.07) is 7.36. The third kappa shape index (κ3) is 3.97. The van der Waals surface area contributed by atoms with Crippen molar-refractivity contribution in [3.63, 3.8) is 0 Å². The predicted octanol–water partition coefficient (Wildman–Crippen LogP) is -0.447. The van der Waals surface area contributed by atoms with Crippen molar-refractivity contribution >= 4 is 17.8 Å². The normalized spacial score (nSPS) is 15.3. The summed E-state index contributed by atoms with van der Waals surface area (Å²) in [5.74, 6) is 0.485.